The molecule has 50 heavy (non-hydrogen) atoms. The molecule has 13 atom stereocenters. The first kappa shape index (κ1) is 35.6. The van der Waals surface area contributed by atoms with E-state index in [-0.39, 0.29) is 56.5 Å². The zero-order chi connectivity index (χ0) is 36.4. The summed E-state index contributed by atoms with van der Waals surface area (Å²) in [6.45, 7) is 16.0. The van der Waals surface area contributed by atoms with E-state index in [2.05, 4.69) is 34.6 Å². The van der Waals surface area contributed by atoms with Crippen molar-refractivity contribution < 1.29 is 43.7 Å². The average molecular weight is 698 g/mol. The summed E-state index contributed by atoms with van der Waals surface area (Å²) >= 11 is 0. The van der Waals surface area contributed by atoms with Crippen LogP contribution in [0.15, 0.2) is 24.3 Å². The molecule has 1 aromatic rings. The van der Waals surface area contributed by atoms with Crippen LogP contribution in [0.3, 0.4) is 0 Å². The molecule has 11 heteroatoms. The number of nitrogens with zero attached hydrogens (tertiary/aromatic N) is 1. The fraction of sp³-hybridized carbons (Fsp3) is 0.795. The molecule has 0 bridgehead atoms. The van der Waals surface area contributed by atoms with Gasteiger partial charge in [-0.15, -0.1) is 0 Å². The second-order valence-electron chi connectivity index (χ2n) is 18.4. The lowest BCUT2D eigenvalue weighted by Gasteiger charge is -2.63. The van der Waals surface area contributed by atoms with E-state index in [1.54, 1.807) is 13.8 Å². The normalized spacial score (nSPS) is 44.6. The molecule has 5 aliphatic carbocycles. The van der Waals surface area contributed by atoms with Gasteiger partial charge in [0.1, 0.15) is 11.9 Å². The zero-order valence-electron chi connectivity index (χ0n) is 30.8. The van der Waals surface area contributed by atoms with Crippen LogP contribution in [0.25, 0.3) is 0 Å². The highest BCUT2D eigenvalue weighted by molar-refractivity contribution is 5.66. The van der Waals surface area contributed by atoms with Crippen molar-refractivity contribution >= 4 is 17.8 Å². The molecule has 0 aromatic heterocycles. The fourth-order valence-electron chi connectivity index (χ4n) is 13.4. The summed E-state index contributed by atoms with van der Waals surface area (Å²) in [5.74, 6) is 0.757. The van der Waals surface area contributed by atoms with E-state index in [0.717, 1.165) is 44.9 Å². The van der Waals surface area contributed by atoms with Crippen LogP contribution < -0.4 is 4.74 Å². The summed E-state index contributed by atoms with van der Waals surface area (Å²) < 4.78 is 23.9. The molecule has 7 rings (SSSR count). The molecular formula is C39H55NO10. The van der Waals surface area contributed by atoms with Gasteiger partial charge in [-0.25, -0.2) is 4.79 Å². The number of benzene rings is 1. The molecule has 2 unspecified atom stereocenters. The largest absolute Gasteiger partial charge is 0.514 e. The molecule has 1 aliphatic heterocycles. The number of aliphatic hydroxyl groups excluding tert-OH is 1. The number of esters is 1. The van der Waals surface area contributed by atoms with Gasteiger partial charge in [0.05, 0.1) is 28.8 Å². The van der Waals surface area contributed by atoms with E-state index >= 15 is 0 Å². The highest BCUT2D eigenvalue weighted by Crippen LogP contribution is 2.89. The minimum absolute atomic E-state index is 0.0796. The van der Waals surface area contributed by atoms with E-state index < -0.39 is 47.1 Å². The number of fused-ring (bicyclic) bond motifs is 4. The lowest BCUT2D eigenvalue weighted by atomic mass is 9.41. The molecule has 1 saturated heterocycles. The number of non-ortho nitro benzene ring substituents is 1. The van der Waals surface area contributed by atoms with Gasteiger partial charge in [-0.1, -0.05) is 34.6 Å². The molecular weight excluding hydrogens is 642 g/mol. The molecule has 2 spiro atoms. The number of ether oxygens (including phenoxy) is 4. The summed E-state index contributed by atoms with van der Waals surface area (Å²) in [5.41, 5.74) is -1.96. The van der Waals surface area contributed by atoms with Crippen LogP contribution >= 0.6 is 0 Å². The predicted octanol–water partition coefficient (Wildman–Crippen LogP) is 6.99. The molecule has 11 nitrogen and oxygen atoms in total. The third-order valence-corrected chi connectivity index (χ3v) is 15.6. The number of rotatable bonds is 6. The Bertz CT molecular complexity index is 1550. The quantitative estimate of drug-likeness (QED) is 0.138. The SMILES string of the molecule is CC(=O)O[C@@H]([C@H]1C[C@@H](C)[C@H]2[C@H](O1)[C@H](O)[C@@]1(C)[C@@H]3CCC4C(C)(C)[C@@H](OC(=O)Oc5ccc([N+](=O)[O-])cc5)CC[C@@]45CC35CC[C@]21C)C(C)(C)O. The standard InChI is InChI=1S/C39H55NO10/c1-21-19-25(32(35(5,6)44)47-22(2)41)49-30-29(21)36(7)17-18-39-20-38(39)16-15-28(50-33(43)48-24-11-9-23(10-12-24)40(45)46)34(3,4)26(38)13-14-27(39)37(36,8)31(30)42/h9-12,21,25-32,42,44H,13-20H2,1-8H3/t21-,25-,26?,27+,28+,29+,30+,31+,32+,36-,37-,38-,39?/m1/s1. The molecule has 276 valence electrons. The van der Waals surface area contributed by atoms with E-state index in [9.17, 15) is 29.9 Å². The second kappa shape index (κ2) is 11.4. The van der Waals surface area contributed by atoms with Crippen molar-refractivity contribution in [3.05, 3.63) is 34.4 Å². The molecule has 6 fully saturated rings. The van der Waals surface area contributed by atoms with Gasteiger partial charge >= 0.3 is 12.1 Å². The van der Waals surface area contributed by atoms with Crippen LogP contribution in [0.2, 0.25) is 0 Å². The van der Waals surface area contributed by atoms with Gasteiger partial charge in [0, 0.05) is 29.9 Å². The van der Waals surface area contributed by atoms with Gasteiger partial charge < -0.3 is 29.2 Å². The summed E-state index contributed by atoms with van der Waals surface area (Å²) in [4.78, 5) is 35.5. The number of nitro benzene ring substituents is 1. The molecule has 2 N–H and O–H groups in total. The van der Waals surface area contributed by atoms with E-state index in [4.69, 9.17) is 18.9 Å². The van der Waals surface area contributed by atoms with Crippen molar-refractivity contribution in [2.45, 2.75) is 143 Å². The van der Waals surface area contributed by atoms with Crippen molar-refractivity contribution in [3.8, 4) is 5.75 Å². The first-order chi connectivity index (χ1) is 23.2. The Hall–Kier alpha value is -2.76. The van der Waals surface area contributed by atoms with Crippen molar-refractivity contribution in [3.63, 3.8) is 0 Å². The predicted molar refractivity (Wildman–Crippen MR) is 182 cm³/mol. The molecule has 1 aromatic carbocycles. The lowest BCUT2D eigenvalue weighted by molar-refractivity contribution is -0.384. The molecule has 6 aliphatic rings. The zero-order valence-corrected chi connectivity index (χ0v) is 30.8. The fourth-order valence-corrected chi connectivity index (χ4v) is 13.4. The molecule has 1 heterocycles. The van der Waals surface area contributed by atoms with Gasteiger partial charge in [-0.3, -0.25) is 14.9 Å². The van der Waals surface area contributed by atoms with Gasteiger partial charge in [-0.05, 0) is 117 Å². The third kappa shape index (κ3) is 4.84. The molecule has 0 amide bonds. The Labute approximate surface area is 294 Å². The van der Waals surface area contributed by atoms with Crippen LogP contribution in [-0.2, 0) is 19.0 Å². The monoisotopic (exact) mass is 697 g/mol. The number of hydrogen-bond acceptors (Lipinski definition) is 10. The van der Waals surface area contributed by atoms with Crippen LogP contribution in [0.5, 0.6) is 5.75 Å². The van der Waals surface area contributed by atoms with Crippen LogP contribution in [0, 0.1) is 60.9 Å². The minimum Gasteiger partial charge on any atom is -0.457 e. The van der Waals surface area contributed by atoms with Crippen LogP contribution in [-0.4, -0.2) is 63.4 Å². The highest BCUT2D eigenvalue weighted by Gasteiger charge is 2.85. The third-order valence-electron chi connectivity index (χ3n) is 15.6. The minimum atomic E-state index is -1.30. The maximum atomic E-state index is 13.0. The Balaban J connectivity index is 1.10. The van der Waals surface area contributed by atoms with Crippen molar-refractivity contribution in [2.24, 2.45) is 50.7 Å². The maximum absolute atomic E-state index is 13.0. The van der Waals surface area contributed by atoms with Gasteiger partial charge in [0.15, 0.2) is 6.10 Å². The number of hydrogen-bond donors (Lipinski definition) is 2. The number of carbonyl (C=O) groups is 2. The Morgan fingerprint density at radius 2 is 1.66 bits per heavy atom. The average Bonchev–Trinajstić information content (AvgIpc) is 3.65. The van der Waals surface area contributed by atoms with Crippen LogP contribution in [0.4, 0.5) is 10.5 Å². The number of carbonyl (C=O) groups excluding carboxylic acids is 2. The number of nitro groups is 1. The van der Waals surface area contributed by atoms with Gasteiger partial charge in [0.25, 0.3) is 5.69 Å². The van der Waals surface area contributed by atoms with Gasteiger partial charge in [-0.2, -0.15) is 0 Å². The summed E-state index contributed by atoms with van der Waals surface area (Å²) in [6, 6.07) is 5.40. The van der Waals surface area contributed by atoms with Crippen LogP contribution in [0.1, 0.15) is 107 Å². The highest BCUT2D eigenvalue weighted by atomic mass is 16.7. The first-order valence-corrected chi connectivity index (χ1v) is 18.6. The summed E-state index contributed by atoms with van der Waals surface area (Å²) in [6.07, 6.45) is 3.95. The van der Waals surface area contributed by atoms with E-state index in [1.807, 2.05) is 0 Å². The lowest BCUT2D eigenvalue weighted by Crippen LogP contribution is -2.60. The second-order valence-corrected chi connectivity index (χ2v) is 18.4. The Morgan fingerprint density at radius 1 is 1.02 bits per heavy atom. The van der Waals surface area contributed by atoms with Gasteiger partial charge in [0.2, 0.25) is 0 Å². The van der Waals surface area contributed by atoms with E-state index in [1.165, 1.54) is 31.2 Å². The summed E-state index contributed by atoms with van der Waals surface area (Å²) in [7, 11) is 0. The smallest absolute Gasteiger partial charge is 0.457 e. The Morgan fingerprint density at radius 3 is 2.28 bits per heavy atom. The van der Waals surface area contributed by atoms with E-state index in [0.29, 0.717) is 18.3 Å². The first-order valence-electron chi connectivity index (χ1n) is 18.6. The topological polar surface area (TPSA) is 155 Å². The van der Waals surface area contributed by atoms with Crippen molar-refractivity contribution in [1.82, 2.24) is 0 Å². The van der Waals surface area contributed by atoms with Crippen molar-refractivity contribution in [1.29, 1.82) is 0 Å². The van der Waals surface area contributed by atoms with Crippen molar-refractivity contribution in [2.75, 3.05) is 0 Å². The molecule has 0 radical (unpaired) electrons. The summed E-state index contributed by atoms with van der Waals surface area (Å²) in [5, 5.41) is 34.5. The Kier molecular flexibility index (Phi) is 8.10. The number of aliphatic hydroxyl groups is 2. The molecule has 5 saturated carbocycles. The maximum Gasteiger partial charge on any atom is 0.514 e.